The summed E-state index contributed by atoms with van der Waals surface area (Å²) in [6, 6.07) is 4.17. The summed E-state index contributed by atoms with van der Waals surface area (Å²) in [5.41, 5.74) is 4.93. The maximum absolute atomic E-state index is 12.0. The van der Waals surface area contributed by atoms with Crippen molar-refractivity contribution in [3.8, 4) is 11.5 Å². The zero-order chi connectivity index (χ0) is 28.2. The second-order valence-electron chi connectivity index (χ2n) is 9.33. The van der Waals surface area contributed by atoms with E-state index in [0.717, 1.165) is 34.2 Å². The smallest absolute Gasteiger partial charge is 0.223 e. The minimum atomic E-state index is -0.285. The van der Waals surface area contributed by atoms with E-state index in [4.69, 9.17) is 12.2 Å². The molecule has 0 bridgehead atoms. The van der Waals surface area contributed by atoms with Crippen LogP contribution in [0.3, 0.4) is 0 Å². The van der Waals surface area contributed by atoms with Crippen LogP contribution in [0.25, 0.3) is 0 Å². The van der Waals surface area contributed by atoms with Crippen molar-refractivity contribution < 1.29 is 22.1 Å². The fourth-order valence-corrected chi connectivity index (χ4v) is 5.25. The molecule has 0 aliphatic rings. The van der Waals surface area contributed by atoms with Crippen molar-refractivity contribution in [3.05, 3.63) is 52.0 Å². The standard InChI is InChI=1S/C29H44N2O4/c1-11-25(21(6)28-18(3)15-23(35-12-2)16-19(28)4)30(8)17-27(34-10)24-13-14-26(33)29(20(24)5)31(9)22(7)32/h13-16,21,25,27,33H,11-12,17H2,1-10H3/t21?,25-,27+/m1/s1/i15D,16D. The van der Waals surface area contributed by atoms with Gasteiger partial charge in [0.2, 0.25) is 5.91 Å². The first-order valence-corrected chi connectivity index (χ1v) is 12.4. The normalized spacial score (nSPS) is 14.8. The Morgan fingerprint density at radius 3 is 2.23 bits per heavy atom. The first-order valence-electron chi connectivity index (χ1n) is 13.4. The second-order valence-corrected chi connectivity index (χ2v) is 9.33. The lowest BCUT2D eigenvalue weighted by Crippen LogP contribution is -2.39. The highest BCUT2D eigenvalue weighted by molar-refractivity contribution is 5.93. The molecule has 6 heteroatoms. The fourth-order valence-electron chi connectivity index (χ4n) is 5.25. The van der Waals surface area contributed by atoms with Crippen LogP contribution >= 0.6 is 0 Å². The van der Waals surface area contributed by atoms with Gasteiger partial charge in [-0.05, 0) is 93.0 Å². The van der Waals surface area contributed by atoms with Crippen molar-refractivity contribution in [2.24, 2.45) is 0 Å². The molecule has 0 saturated heterocycles. The number of likely N-dealkylation sites (N-methyl/N-ethyl adjacent to an activating group) is 1. The van der Waals surface area contributed by atoms with Crippen LogP contribution in [0.15, 0.2) is 24.2 Å². The summed E-state index contributed by atoms with van der Waals surface area (Å²) in [6.45, 7) is 14.4. The second kappa shape index (κ2) is 12.4. The molecule has 0 fully saturated rings. The van der Waals surface area contributed by atoms with E-state index in [2.05, 4.69) is 25.8 Å². The number of phenols is 1. The predicted octanol–water partition coefficient (Wildman–Crippen LogP) is 5.90. The molecule has 2 rings (SSSR count). The predicted molar refractivity (Wildman–Crippen MR) is 144 cm³/mol. The number of rotatable bonds is 11. The summed E-state index contributed by atoms with van der Waals surface area (Å²) in [4.78, 5) is 15.7. The van der Waals surface area contributed by atoms with E-state index in [1.807, 2.05) is 33.8 Å². The van der Waals surface area contributed by atoms with Crippen LogP contribution in [0.2, 0.25) is 0 Å². The molecule has 1 amide bonds. The Hall–Kier alpha value is -2.57. The molecule has 0 aromatic heterocycles. The number of carbonyl (C=O) groups excluding carboxylic acids is 1. The van der Waals surface area contributed by atoms with Crippen molar-refractivity contribution in [1.29, 1.82) is 0 Å². The van der Waals surface area contributed by atoms with Gasteiger partial charge in [-0.15, -0.1) is 0 Å². The summed E-state index contributed by atoms with van der Waals surface area (Å²) >= 11 is 0. The molecule has 0 radical (unpaired) electrons. The lowest BCUT2D eigenvalue weighted by atomic mass is 9.84. The fraction of sp³-hybridized carbons (Fsp3) is 0.552. The molecule has 2 aromatic carbocycles. The van der Waals surface area contributed by atoms with Gasteiger partial charge < -0.3 is 19.5 Å². The lowest BCUT2D eigenvalue weighted by Gasteiger charge is -2.36. The molecule has 0 saturated carbocycles. The topological polar surface area (TPSA) is 62.2 Å². The average Bonchev–Trinajstić information content (AvgIpc) is 2.84. The third kappa shape index (κ3) is 6.36. The molecule has 35 heavy (non-hydrogen) atoms. The van der Waals surface area contributed by atoms with Crippen LogP contribution in [-0.4, -0.2) is 56.3 Å². The van der Waals surface area contributed by atoms with E-state index < -0.39 is 0 Å². The summed E-state index contributed by atoms with van der Waals surface area (Å²) < 4.78 is 28.8. The van der Waals surface area contributed by atoms with E-state index in [1.54, 1.807) is 20.2 Å². The molecular formula is C29H44N2O4. The zero-order valence-electron chi connectivity index (χ0n) is 25.1. The van der Waals surface area contributed by atoms with Crippen molar-refractivity contribution in [1.82, 2.24) is 4.90 Å². The van der Waals surface area contributed by atoms with Gasteiger partial charge in [-0.3, -0.25) is 9.69 Å². The van der Waals surface area contributed by atoms with Crippen LogP contribution in [0, 0.1) is 20.8 Å². The molecule has 0 spiro atoms. The Morgan fingerprint density at radius 1 is 1.14 bits per heavy atom. The van der Waals surface area contributed by atoms with Crippen molar-refractivity contribution in [2.45, 2.75) is 73.0 Å². The number of aromatic hydroxyl groups is 1. The quantitative estimate of drug-likeness (QED) is 0.428. The van der Waals surface area contributed by atoms with Crippen LogP contribution in [0.1, 0.15) is 76.7 Å². The number of phenolic OH excluding ortho intramolecular Hbond substituents is 1. The first-order chi connectivity index (χ1) is 17.3. The number of benzene rings is 2. The molecular weight excluding hydrogens is 440 g/mol. The van der Waals surface area contributed by atoms with Crippen molar-refractivity contribution >= 4 is 11.6 Å². The van der Waals surface area contributed by atoms with Gasteiger partial charge in [-0.25, -0.2) is 0 Å². The highest BCUT2D eigenvalue weighted by atomic mass is 16.5. The van der Waals surface area contributed by atoms with E-state index in [9.17, 15) is 9.90 Å². The average molecular weight is 487 g/mol. The number of ether oxygens (including phenoxy) is 2. The minimum absolute atomic E-state index is 0.0565. The van der Waals surface area contributed by atoms with Gasteiger partial charge in [-0.2, -0.15) is 0 Å². The summed E-state index contributed by atoms with van der Waals surface area (Å²) in [5.74, 6) is 0.311. The summed E-state index contributed by atoms with van der Waals surface area (Å²) in [6.07, 6.45) is 0.584. The number of carbonyl (C=O) groups is 1. The van der Waals surface area contributed by atoms with Gasteiger partial charge in [-0.1, -0.05) is 19.9 Å². The molecule has 0 heterocycles. The maximum atomic E-state index is 12.0. The van der Waals surface area contributed by atoms with Gasteiger partial charge in [0, 0.05) is 33.7 Å². The van der Waals surface area contributed by atoms with Crippen LogP contribution in [0.5, 0.6) is 11.5 Å². The van der Waals surface area contributed by atoms with Crippen LogP contribution < -0.4 is 9.64 Å². The first kappa shape index (κ1) is 25.5. The number of hydrogen-bond donors (Lipinski definition) is 1. The van der Waals surface area contributed by atoms with E-state index in [-0.39, 0.29) is 41.8 Å². The molecule has 3 atom stereocenters. The Labute approximate surface area is 214 Å². The van der Waals surface area contributed by atoms with Gasteiger partial charge in [0.1, 0.15) is 11.5 Å². The number of nitrogens with zero attached hydrogens (tertiary/aromatic N) is 2. The molecule has 6 nitrogen and oxygen atoms in total. The molecule has 2 aromatic rings. The maximum Gasteiger partial charge on any atom is 0.223 e. The van der Waals surface area contributed by atoms with Gasteiger partial charge >= 0.3 is 0 Å². The number of amides is 1. The molecule has 1 N–H and O–H groups in total. The highest BCUT2D eigenvalue weighted by Gasteiger charge is 2.28. The third-order valence-electron chi connectivity index (χ3n) is 7.06. The lowest BCUT2D eigenvalue weighted by molar-refractivity contribution is -0.116. The van der Waals surface area contributed by atoms with Gasteiger partial charge in [0.25, 0.3) is 0 Å². The Balaban J connectivity index is 2.44. The number of methoxy groups -OCH3 is 1. The monoisotopic (exact) mass is 486 g/mol. The van der Waals surface area contributed by atoms with E-state index >= 15 is 0 Å². The third-order valence-corrected chi connectivity index (χ3v) is 7.06. The molecule has 1 unspecified atom stereocenters. The Kier molecular flexibility index (Phi) is 9.05. The molecule has 0 aliphatic carbocycles. The largest absolute Gasteiger partial charge is 0.506 e. The Morgan fingerprint density at radius 2 is 1.74 bits per heavy atom. The SMILES string of the molecule is [2H]c1c(C)c(C(C)[C@@H](CC)N(C)C[C@H](OC)c2ccc(O)c(N(C)C(C)=O)c2C)c(C)c([2H])c1OCC. The van der Waals surface area contributed by atoms with Crippen molar-refractivity contribution in [3.63, 3.8) is 0 Å². The zero-order valence-corrected chi connectivity index (χ0v) is 23.1. The number of hydrogen-bond acceptors (Lipinski definition) is 5. The van der Waals surface area contributed by atoms with Crippen LogP contribution in [0.4, 0.5) is 5.69 Å². The Bertz CT molecular complexity index is 1090. The van der Waals surface area contributed by atoms with Gasteiger partial charge in [0.15, 0.2) is 0 Å². The van der Waals surface area contributed by atoms with Crippen molar-refractivity contribution in [2.75, 3.05) is 39.3 Å². The van der Waals surface area contributed by atoms with Gasteiger partial charge in [0.05, 0.1) is 21.1 Å². The molecule has 0 aliphatic heterocycles. The highest BCUT2D eigenvalue weighted by Crippen LogP contribution is 2.37. The van der Waals surface area contributed by atoms with E-state index in [0.29, 0.717) is 24.6 Å². The summed E-state index contributed by atoms with van der Waals surface area (Å²) in [5, 5.41) is 10.5. The molecule has 194 valence electrons. The van der Waals surface area contributed by atoms with E-state index in [1.165, 1.54) is 11.8 Å². The number of anilines is 1. The minimum Gasteiger partial charge on any atom is -0.506 e. The summed E-state index contributed by atoms with van der Waals surface area (Å²) in [7, 11) is 5.39. The van der Waals surface area contributed by atoms with Crippen LogP contribution in [-0.2, 0) is 9.53 Å².